The van der Waals surface area contributed by atoms with Gasteiger partial charge < -0.3 is 15.0 Å². The van der Waals surface area contributed by atoms with Crippen molar-refractivity contribution >= 4 is 11.8 Å². The molecule has 2 aliphatic heterocycles. The van der Waals surface area contributed by atoms with Gasteiger partial charge in [0.05, 0.1) is 13.2 Å². The van der Waals surface area contributed by atoms with Crippen molar-refractivity contribution in [2.24, 2.45) is 5.92 Å². The lowest BCUT2D eigenvalue weighted by molar-refractivity contribution is 0.0398. The average Bonchev–Trinajstić information content (AvgIpc) is 2.76. The molecule has 0 saturated carbocycles. The van der Waals surface area contributed by atoms with Gasteiger partial charge in [0, 0.05) is 45.5 Å². The van der Waals surface area contributed by atoms with Crippen LogP contribution >= 0.6 is 0 Å². The molecule has 0 aliphatic carbocycles. The largest absolute Gasteiger partial charge is 0.379 e. The van der Waals surface area contributed by atoms with E-state index in [2.05, 4.69) is 50.4 Å². The van der Waals surface area contributed by atoms with Crippen molar-refractivity contribution in [3.8, 4) is 0 Å². The minimum absolute atomic E-state index is 0.758. The van der Waals surface area contributed by atoms with Crippen LogP contribution in [-0.2, 0) is 11.2 Å². The van der Waals surface area contributed by atoms with Crippen molar-refractivity contribution in [1.29, 1.82) is 0 Å². The maximum absolute atomic E-state index is 5.40. The Bertz CT molecular complexity index is 712. The second kappa shape index (κ2) is 9.85. The van der Waals surface area contributed by atoms with Crippen LogP contribution in [0.2, 0.25) is 0 Å². The van der Waals surface area contributed by atoms with Gasteiger partial charge in [-0.15, -0.1) is 0 Å². The van der Waals surface area contributed by atoms with Crippen LogP contribution in [0.1, 0.15) is 18.4 Å². The van der Waals surface area contributed by atoms with Crippen molar-refractivity contribution in [2.45, 2.75) is 19.3 Å². The number of aromatic nitrogens is 2. The zero-order valence-corrected chi connectivity index (χ0v) is 16.6. The van der Waals surface area contributed by atoms with Gasteiger partial charge in [0.15, 0.2) is 0 Å². The Morgan fingerprint density at radius 1 is 1.00 bits per heavy atom. The lowest BCUT2D eigenvalue weighted by Gasteiger charge is -2.32. The Balaban J connectivity index is 1.24. The molecule has 0 spiro atoms. The third-order valence-electron chi connectivity index (χ3n) is 5.75. The summed E-state index contributed by atoms with van der Waals surface area (Å²) in [5.41, 5.74) is 1.45. The van der Waals surface area contributed by atoms with Crippen LogP contribution in [0.5, 0.6) is 0 Å². The van der Waals surface area contributed by atoms with Crippen LogP contribution < -0.4 is 10.2 Å². The summed E-state index contributed by atoms with van der Waals surface area (Å²) in [7, 11) is 0. The van der Waals surface area contributed by atoms with Gasteiger partial charge in [-0.05, 0) is 36.8 Å². The van der Waals surface area contributed by atoms with E-state index in [1.54, 1.807) is 0 Å². The maximum Gasteiger partial charge on any atom is 0.227 e. The van der Waals surface area contributed by atoms with Gasteiger partial charge in [0.1, 0.15) is 5.82 Å². The summed E-state index contributed by atoms with van der Waals surface area (Å²) < 4.78 is 5.40. The molecule has 3 heterocycles. The summed E-state index contributed by atoms with van der Waals surface area (Å²) in [4.78, 5) is 14.0. The second-order valence-electron chi connectivity index (χ2n) is 7.74. The molecule has 0 atom stereocenters. The Morgan fingerprint density at radius 3 is 2.57 bits per heavy atom. The smallest absolute Gasteiger partial charge is 0.227 e. The standard InChI is InChI=1S/C22H31N5O/c1-2-4-19(5-3-1)18-20-7-11-27(12-8-20)22-24-9-6-21(25-22)23-10-13-26-14-16-28-17-15-26/h1-6,9,20H,7-8,10-18H2,(H,23,24,25). The molecule has 1 aromatic heterocycles. The third kappa shape index (κ3) is 5.42. The molecule has 2 fully saturated rings. The van der Waals surface area contributed by atoms with Crippen molar-refractivity contribution in [2.75, 3.05) is 62.7 Å². The SMILES string of the molecule is c1ccc(CC2CCN(c3nccc(NCCN4CCOCC4)n3)CC2)cc1. The van der Waals surface area contributed by atoms with Gasteiger partial charge in [-0.25, -0.2) is 4.98 Å². The van der Waals surface area contributed by atoms with E-state index in [-0.39, 0.29) is 0 Å². The lowest BCUT2D eigenvalue weighted by Crippen LogP contribution is -2.39. The number of anilines is 2. The number of benzene rings is 1. The fraction of sp³-hybridized carbons (Fsp3) is 0.545. The minimum Gasteiger partial charge on any atom is -0.379 e. The Labute approximate surface area is 167 Å². The van der Waals surface area contributed by atoms with Crippen LogP contribution in [0.3, 0.4) is 0 Å². The number of rotatable bonds is 7. The molecule has 0 bridgehead atoms. The number of hydrogen-bond donors (Lipinski definition) is 1. The van der Waals surface area contributed by atoms with E-state index in [0.717, 1.165) is 70.2 Å². The molecule has 150 valence electrons. The molecule has 0 radical (unpaired) electrons. The molecular weight excluding hydrogens is 350 g/mol. The fourth-order valence-electron chi connectivity index (χ4n) is 4.05. The number of morpholine rings is 1. The molecule has 1 N–H and O–H groups in total. The Morgan fingerprint density at radius 2 is 1.79 bits per heavy atom. The molecule has 0 amide bonds. The molecule has 2 aromatic rings. The third-order valence-corrected chi connectivity index (χ3v) is 5.75. The molecule has 2 saturated heterocycles. The highest BCUT2D eigenvalue weighted by Gasteiger charge is 2.21. The molecular formula is C22H31N5O. The van der Waals surface area contributed by atoms with E-state index in [1.807, 2.05) is 12.3 Å². The summed E-state index contributed by atoms with van der Waals surface area (Å²) >= 11 is 0. The Hall–Kier alpha value is -2.18. The van der Waals surface area contributed by atoms with Crippen molar-refractivity contribution < 1.29 is 4.74 Å². The van der Waals surface area contributed by atoms with Gasteiger partial charge in [-0.3, -0.25) is 4.90 Å². The van der Waals surface area contributed by atoms with Gasteiger partial charge in [0.25, 0.3) is 0 Å². The van der Waals surface area contributed by atoms with Gasteiger partial charge in [-0.1, -0.05) is 30.3 Å². The zero-order chi connectivity index (χ0) is 19.0. The minimum atomic E-state index is 0.758. The second-order valence-corrected chi connectivity index (χ2v) is 7.74. The predicted octanol–water partition coefficient (Wildman–Crippen LogP) is 2.68. The fourth-order valence-corrected chi connectivity index (χ4v) is 4.05. The topological polar surface area (TPSA) is 53.5 Å². The van der Waals surface area contributed by atoms with Crippen LogP contribution in [0, 0.1) is 5.92 Å². The number of ether oxygens (including phenoxy) is 1. The molecule has 4 rings (SSSR count). The van der Waals surface area contributed by atoms with Crippen LogP contribution in [0.15, 0.2) is 42.6 Å². The first kappa shape index (κ1) is 19.2. The molecule has 6 nitrogen and oxygen atoms in total. The number of hydrogen-bond acceptors (Lipinski definition) is 6. The molecule has 28 heavy (non-hydrogen) atoms. The molecule has 0 unspecified atom stereocenters. The first-order valence-electron chi connectivity index (χ1n) is 10.5. The van der Waals surface area contributed by atoms with E-state index in [4.69, 9.17) is 9.72 Å². The van der Waals surface area contributed by atoms with E-state index in [0.29, 0.717) is 0 Å². The number of piperidine rings is 1. The summed E-state index contributed by atoms with van der Waals surface area (Å²) in [6, 6.07) is 12.8. The summed E-state index contributed by atoms with van der Waals surface area (Å²) in [5.74, 6) is 2.53. The van der Waals surface area contributed by atoms with Crippen LogP contribution in [-0.4, -0.2) is 67.4 Å². The quantitative estimate of drug-likeness (QED) is 0.796. The van der Waals surface area contributed by atoms with E-state index in [1.165, 1.54) is 24.8 Å². The average molecular weight is 382 g/mol. The van der Waals surface area contributed by atoms with E-state index in [9.17, 15) is 0 Å². The van der Waals surface area contributed by atoms with Crippen molar-refractivity contribution in [1.82, 2.24) is 14.9 Å². The van der Waals surface area contributed by atoms with Crippen molar-refractivity contribution in [3.63, 3.8) is 0 Å². The maximum atomic E-state index is 5.40. The lowest BCUT2D eigenvalue weighted by atomic mass is 9.90. The predicted molar refractivity (Wildman–Crippen MR) is 113 cm³/mol. The normalized spacial score (nSPS) is 18.9. The molecule has 2 aliphatic rings. The highest BCUT2D eigenvalue weighted by molar-refractivity contribution is 5.41. The highest BCUT2D eigenvalue weighted by atomic mass is 16.5. The first-order valence-corrected chi connectivity index (χ1v) is 10.5. The summed E-state index contributed by atoms with van der Waals surface area (Å²) in [6.45, 7) is 7.73. The molecule has 6 heteroatoms. The zero-order valence-electron chi connectivity index (χ0n) is 16.6. The highest BCUT2D eigenvalue weighted by Crippen LogP contribution is 2.24. The Kier molecular flexibility index (Phi) is 6.73. The van der Waals surface area contributed by atoms with Crippen molar-refractivity contribution in [3.05, 3.63) is 48.2 Å². The molecule has 1 aromatic carbocycles. The number of nitrogens with one attached hydrogen (secondary N) is 1. The van der Waals surface area contributed by atoms with Gasteiger partial charge >= 0.3 is 0 Å². The van der Waals surface area contributed by atoms with Crippen LogP contribution in [0.4, 0.5) is 11.8 Å². The summed E-state index contributed by atoms with van der Waals surface area (Å²) in [5, 5.41) is 3.45. The van der Waals surface area contributed by atoms with Crippen LogP contribution in [0.25, 0.3) is 0 Å². The van der Waals surface area contributed by atoms with Gasteiger partial charge in [0.2, 0.25) is 5.95 Å². The number of nitrogens with zero attached hydrogens (tertiary/aromatic N) is 4. The first-order chi connectivity index (χ1) is 13.9. The van der Waals surface area contributed by atoms with E-state index >= 15 is 0 Å². The van der Waals surface area contributed by atoms with Gasteiger partial charge in [-0.2, -0.15) is 4.98 Å². The van der Waals surface area contributed by atoms with E-state index < -0.39 is 0 Å². The summed E-state index contributed by atoms with van der Waals surface area (Å²) in [6.07, 6.45) is 5.45. The monoisotopic (exact) mass is 381 g/mol.